The number of rotatable bonds is 8. The van der Waals surface area contributed by atoms with Gasteiger partial charge in [0.05, 0.1) is 17.8 Å². The molecule has 1 saturated heterocycles. The number of anilines is 2. The number of hydrogen-bond acceptors (Lipinski definition) is 10. The average Bonchev–Trinajstić information content (AvgIpc) is 3.33. The molecule has 12 heteroatoms. The van der Waals surface area contributed by atoms with Gasteiger partial charge in [-0.2, -0.15) is 0 Å². The van der Waals surface area contributed by atoms with Gasteiger partial charge in [0.2, 0.25) is 0 Å². The molecular weight excluding hydrogens is 546 g/mol. The van der Waals surface area contributed by atoms with Crippen molar-refractivity contribution in [2.24, 2.45) is 0 Å². The van der Waals surface area contributed by atoms with Crippen LogP contribution in [0.5, 0.6) is 0 Å². The average molecular weight is 580 g/mol. The Bertz CT molecular complexity index is 1550. The molecule has 1 amide bonds. The third-order valence-electron chi connectivity index (χ3n) is 7.09. The Labute approximate surface area is 241 Å². The third-order valence-corrected chi connectivity index (χ3v) is 7.87. The number of fused-ring (bicyclic) bond motifs is 1. The van der Waals surface area contributed by atoms with Crippen molar-refractivity contribution >= 4 is 52.4 Å². The van der Waals surface area contributed by atoms with Crippen LogP contribution in [0, 0.1) is 0 Å². The van der Waals surface area contributed by atoms with Crippen LogP contribution in [-0.2, 0) is 19.1 Å². The lowest BCUT2D eigenvalue weighted by Gasteiger charge is -2.33. The highest BCUT2D eigenvalue weighted by atomic mass is 32.1. The normalized spacial score (nSPS) is 17.8. The molecule has 2 aliphatic rings. The Kier molecular flexibility index (Phi) is 8.20. The Morgan fingerprint density at radius 1 is 1.17 bits per heavy atom. The molecule has 3 aromatic heterocycles. The molecule has 2 fully saturated rings. The number of carbonyl (C=O) groups is 3. The van der Waals surface area contributed by atoms with Crippen molar-refractivity contribution in [3.05, 3.63) is 57.0 Å². The van der Waals surface area contributed by atoms with E-state index in [0.29, 0.717) is 54.8 Å². The lowest BCUT2D eigenvalue weighted by molar-refractivity contribution is -0.148. The first kappa shape index (κ1) is 28.5. The van der Waals surface area contributed by atoms with Gasteiger partial charge in [-0.25, -0.2) is 14.8 Å². The molecule has 11 nitrogen and oxygen atoms in total. The molecule has 1 aliphatic heterocycles. The standard InChI is InChI=1S/C29H33N5O6S/c1-29(2,3)40-24(36)10-9-21-25(33-12-5-8-20(15-33)39-17-35)31-23-14-19(11-13-34(23)27(21)38)26(37)32-28-30-22(16-41-28)18-6-4-7-18/h9-11,13-14,16-18,20H,4-8,12,15H2,1-3H3,(H,30,32,37)/b10-9+. The third kappa shape index (κ3) is 6.64. The molecule has 0 spiro atoms. The number of amides is 1. The fourth-order valence-electron chi connectivity index (χ4n) is 4.88. The molecule has 216 valence electrons. The molecule has 41 heavy (non-hydrogen) atoms. The molecule has 3 aromatic rings. The van der Waals surface area contributed by atoms with Crippen molar-refractivity contribution in [3.63, 3.8) is 0 Å². The van der Waals surface area contributed by atoms with Gasteiger partial charge in [0.25, 0.3) is 17.9 Å². The predicted octanol–water partition coefficient (Wildman–Crippen LogP) is 4.17. The van der Waals surface area contributed by atoms with Crippen LogP contribution in [0.25, 0.3) is 11.7 Å². The van der Waals surface area contributed by atoms with Crippen LogP contribution in [0.2, 0.25) is 0 Å². The Hall–Kier alpha value is -4.06. The summed E-state index contributed by atoms with van der Waals surface area (Å²) in [5, 5.41) is 5.37. The highest BCUT2D eigenvalue weighted by Crippen LogP contribution is 2.37. The monoisotopic (exact) mass is 579 g/mol. The summed E-state index contributed by atoms with van der Waals surface area (Å²) < 4.78 is 11.9. The predicted molar refractivity (Wildman–Crippen MR) is 155 cm³/mol. The first-order valence-electron chi connectivity index (χ1n) is 13.7. The van der Waals surface area contributed by atoms with E-state index in [1.165, 1.54) is 40.5 Å². The van der Waals surface area contributed by atoms with Gasteiger partial charge in [0.1, 0.15) is 23.2 Å². The molecule has 1 atom stereocenters. The SMILES string of the molecule is CC(C)(C)OC(=O)/C=C/c1c(N2CCCC(OC=O)C2)nc2cc(C(=O)Nc3nc(C4CCC4)cs3)ccn2c1=O. The number of thiazole rings is 1. The van der Waals surface area contributed by atoms with Gasteiger partial charge in [-0.05, 0) is 64.7 Å². The molecule has 0 radical (unpaired) electrons. The summed E-state index contributed by atoms with van der Waals surface area (Å²) in [5.74, 6) is -0.152. The molecule has 1 aliphatic carbocycles. The molecule has 1 unspecified atom stereocenters. The Morgan fingerprint density at radius 3 is 2.68 bits per heavy atom. The van der Waals surface area contributed by atoms with E-state index in [0.717, 1.165) is 18.5 Å². The highest BCUT2D eigenvalue weighted by Gasteiger charge is 2.26. The summed E-state index contributed by atoms with van der Waals surface area (Å²) in [7, 11) is 0. The first-order chi connectivity index (χ1) is 19.6. The number of aromatic nitrogens is 3. The minimum atomic E-state index is -0.693. The second-order valence-electron chi connectivity index (χ2n) is 11.3. The van der Waals surface area contributed by atoms with Crippen molar-refractivity contribution in [2.45, 2.75) is 70.5 Å². The summed E-state index contributed by atoms with van der Waals surface area (Å²) in [6.45, 7) is 6.60. The molecular formula is C29H33N5O6S. The van der Waals surface area contributed by atoms with E-state index in [4.69, 9.17) is 14.5 Å². The zero-order valence-corrected chi connectivity index (χ0v) is 24.1. The van der Waals surface area contributed by atoms with Crippen LogP contribution in [0.15, 0.2) is 34.6 Å². The lowest BCUT2D eigenvalue weighted by atomic mass is 9.83. The van der Waals surface area contributed by atoms with Crippen LogP contribution in [0.3, 0.4) is 0 Å². The second kappa shape index (κ2) is 11.8. The van der Waals surface area contributed by atoms with E-state index < -0.39 is 17.1 Å². The van der Waals surface area contributed by atoms with Gasteiger partial charge in [-0.3, -0.25) is 24.1 Å². The fourth-order valence-corrected chi connectivity index (χ4v) is 5.67. The van der Waals surface area contributed by atoms with Crippen molar-refractivity contribution in [1.29, 1.82) is 0 Å². The molecule has 4 heterocycles. The maximum absolute atomic E-state index is 13.7. The largest absolute Gasteiger partial charge is 0.463 e. The summed E-state index contributed by atoms with van der Waals surface area (Å²) in [4.78, 5) is 61.3. The number of esters is 1. The van der Waals surface area contributed by atoms with E-state index in [1.807, 2.05) is 10.3 Å². The van der Waals surface area contributed by atoms with E-state index in [2.05, 4.69) is 10.3 Å². The number of carbonyl (C=O) groups excluding carboxylic acids is 3. The number of nitrogens with one attached hydrogen (secondary N) is 1. The van der Waals surface area contributed by atoms with Gasteiger partial charge in [-0.1, -0.05) is 6.42 Å². The summed E-state index contributed by atoms with van der Waals surface area (Å²) in [5.41, 5.74) is 0.671. The molecule has 0 bridgehead atoms. The van der Waals surface area contributed by atoms with Gasteiger partial charge in [0.15, 0.2) is 5.13 Å². The summed E-state index contributed by atoms with van der Waals surface area (Å²) in [6.07, 6.45) is 8.60. The molecule has 1 N–H and O–H groups in total. The van der Waals surface area contributed by atoms with Crippen molar-refractivity contribution in [2.75, 3.05) is 23.3 Å². The lowest BCUT2D eigenvalue weighted by Crippen LogP contribution is -2.41. The molecule has 5 rings (SSSR count). The van der Waals surface area contributed by atoms with Crippen LogP contribution in [0.1, 0.15) is 80.4 Å². The number of nitrogens with zero attached hydrogens (tertiary/aromatic N) is 4. The number of piperidine rings is 1. The number of ether oxygens (including phenoxy) is 2. The van der Waals surface area contributed by atoms with E-state index in [9.17, 15) is 19.2 Å². The topological polar surface area (TPSA) is 132 Å². The zero-order chi connectivity index (χ0) is 29.1. The quantitative estimate of drug-likeness (QED) is 0.237. The van der Waals surface area contributed by atoms with Gasteiger partial charge < -0.3 is 14.4 Å². The summed E-state index contributed by atoms with van der Waals surface area (Å²) in [6, 6.07) is 3.09. The minimum absolute atomic E-state index is 0.184. The maximum Gasteiger partial charge on any atom is 0.331 e. The summed E-state index contributed by atoms with van der Waals surface area (Å²) >= 11 is 1.39. The first-order valence-corrected chi connectivity index (χ1v) is 14.6. The highest BCUT2D eigenvalue weighted by molar-refractivity contribution is 7.14. The Morgan fingerprint density at radius 2 is 1.98 bits per heavy atom. The van der Waals surface area contributed by atoms with Crippen molar-refractivity contribution < 1.29 is 23.9 Å². The van der Waals surface area contributed by atoms with Crippen LogP contribution in [0.4, 0.5) is 10.9 Å². The molecule has 1 saturated carbocycles. The fraction of sp³-hybridized carbons (Fsp3) is 0.448. The zero-order valence-electron chi connectivity index (χ0n) is 23.3. The van der Waals surface area contributed by atoms with Gasteiger partial charge in [0, 0.05) is 35.7 Å². The van der Waals surface area contributed by atoms with E-state index >= 15 is 0 Å². The van der Waals surface area contributed by atoms with Gasteiger partial charge >= 0.3 is 5.97 Å². The smallest absolute Gasteiger partial charge is 0.331 e. The van der Waals surface area contributed by atoms with Crippen LogP contribution in [-0.4, -0.2) is 57.5 Å². The number of hydrogen-bond donors (Lipinski definition) is 1. The number of pyridine rings is 1. The van der Waals surface area contributed by atoms with Crippen LogP contribution >= 0.6 is 11.3 Å². The molecule has 0 aromatic carbocycles. The van der Waals surface area contributed by atoms with Crippen molar-refractivity contribution in [3.8, 4) is 0 Å². The Balaban J connectivity index is 1.48. The second-order valence-corrected chi connectivity index (χ2v) is 12.1. The van der Waals surface area contributed by atoms with E-state index in [1.54, 1.807) is 32.9 Å². The maximum atomic E-state index is 13.7. The van der Waals surface area contributed by atoms with Crippen LogP contribution < -0.4 is 15.8 Å². The van der Waals surface area contributed by atoms with Crippen molar-refractivity contribution in [1.82, 2.24) is 14.4 Å². The van der Waals surface area contributed by atoms with Gasteiger partial charge in [-0.15, -0.1) is 11.3 Å². The minimum Gasteiger partial charge on any atom is -0.463 e. The van der Waals surface area contributed by atoms with E-state index in [-0.39, 0.29) is 23.2 Å².